The van der Waals surface area contributed by atoms with Crippen molar-refractivity contribution in [3.05, 3.63) is 40.3 Å². The highest BCUT2D eigenvalue weighted by molar-refractivity contribution is 7.14. The number of amides is 1. The lowest BCUT2D eigenvalue weighted by Crippen LogP contribution is -2.35. The highest BCUT2D eigenvalue weighted by atomic mass is 32.1. The number of carbonyl (C=O) groups excluding carboxylic acids is 1. The highest BCUT2D eigenvalue weighted by Crippen LogP contribution is 2.16. The molecule has 0 aromatic carbocycles. The first-order valence-electron chi connectivity index (χ1n) is 6.06. The van der Waals surface area contributed by atoms with Crippen LogP contribution in [0.2, 0.25) is 0 Å². The van der Waals surface area contributed by atoms with Crippen molar-refractivity contribution in [3.8, 4) is 0 Å². The number of nitrogens with one attached hydrogen (secondary N) is 1. The number of hydrogen-bond acceptors (Lipinski definition) is 3. The van der Waals surface area contributed by atoms with E-state index in [2.05, 4.69) is 17.3 Å². The average Bonchev–Trinajstić information content (AvgIpc) is 2.98. The van der Waals surface area contributed by atoms with Crippen LogP contribution in [0.15, 0.2) is 30.6 Å². The average molecular weight is 263 g/mol. The summed E-state index contributed by atoms with van der Waals surface area (Å²) in [5.74, 6) is -0.000596. The van der Waals surface area contributed by atoms with Gasteiger partial charge in [0.1, 0.15) is 0 Å². The summed E-state index contributed by atoms with van der Waals surface area (Å²) in [5.41, 5.74) is 0. The van der Waals surface area contributed by atoms with E-state index >= 15 is 0 Å². The molecule has 1 atom stereocenters. The largest absolute Gasteiger partial charge is 0.347 e. The zero-order valence-electron chi connectivity index (χ0n) is 10.6. The summed E-state index contributed by atoms with van der Waals surface area (Å²) in [7, 11) is 0. The maximum Gasteiger partial charge on any atom is 0.261 e. The second-order valence-corrected chi connectivity index (χ2v) is 5.39. The van der Waals surface area contributed by atoms with Crippen molar-refractivity contribution in [2.75, 3.05) is 0 Å². The van der Waals surface area contributed by atoms with Gasteiger partial charge in [0, 0.05) is 23.3 Å². The van der Waals surface area contributed by atoms with Crippen LogP contribution < -0.4 is 5.32 Å². The van der Waals surface area contributed by atoms with E-state index in [9.17, 15) is 4.79 Å². The zero-order valence-corrected chi connectivity index (χ0v) is 11.4. The number of carbonyl (C=O) groups is 1. The molecular weight excluding hydrogens is 246 g/mol. The molecule has 1 N–H and O–H groups in total. The van der Waals surface area contributed by atoms with Gasteiger partial charge in [-0.15, -0.1) is 11.3 Å². The van der Waals surface area contributed by atoms with Crippen LogP contribution in [0.5, 0.6) is 0 Å². The predicted octanol–water partition coefficient (Wildman–Crippen LogP) is 2.33. The van der Waals surface area contributed by atoms with E-state index < -0.39 is 0 Å². The van der Waals surface area contributed by atoms with Gasteiger partial charge in [0.05, 0.1) is 11.4 Å². The Morgan fingerprint density at radius 2 is 2.39 bits per heavy atom. The minimum atomic E-state index is -0.000596. The zero-order chi connectivity index (χ0) is 13.0. The standard InChI is InChI=1S/C13H17N3OS/c1-3-11-5-6-12(18-11)13(17)15-10(2)9-16-8-4-7-14-16/h4-8,10H,3,9H2,1-2H3,(H,15,17)/t10-/m0/s1. The summed E-state index contributed by atoms with van der Waals surface area (Å²) < 4.78 is 1.82. The van der Waals surface area contributed by atoms with E-state index in [0.717, 1.165) is 11.3 Å². The molecule has 96 valence electrons. The molecule has 2 heterocycles. The Labute approximate surface area is 111 Å². The van der Waals surface area contributed by atoms with Crippen LogP contribution in [-0.2, 0) is 13.0 Å². The molecule has 2 aromatic rings. The Hall–Kier alpha value is -1.62. The van der Waals surface area contributed by atoms with Gasteiger partial charge >= 0.3 is 0 Å². The number of rotatable bonds is 5. The third-order valence-corrected chi connectivity index (χ3v) is 3.86. The molecule has 0 aliphatic heterocycles. The van der Waals surface area contributed by atoms with E-state index in [4.69, 9.17) is 0 Å². The first kappa shape index (κ1) is 12.8. The molecule has 18 heavy (non-hydrogen) atoms. The van der Waals surface area contributed by atoms with Gasteiger partial charge in [-0.05, 0) is 31.5 Å². The van der Waals surface area contributed by atoms with Gasteiger partial charge in [-0.2, -0.15) is 5.10 Å². The predicted molar refractivity (Wildman–Crippen MR) is 72.9 cm³/mol. The Kier molecular flexibility index (Phi) is 4.15. The Bertz CT molecular complexity index is 504. The third kappa shape index (κ3) is 3.20. The van der Waals surface area contributed by atoms with Crippen LogP contribution in [0.4, 0.5) is 0 Å². The normalized spacial score (nSPS) is 12.3. The maximum absolute atomic E-state index is 12.0. The molecule has 0 unspecified atom stereocenters. The third-order valence-electron chi connectivity index (χ3n) is 2.63. The summed E-state index contributed by atoms with van der Waals surface area (Å²) in [4.78, 5) is 14.0. The second-order valence-electron chi connectivity index (χ2n) is 4.22. The Morgan fingerprint density at radius 1 is 1.56 bits per heavy atom. The molecule has 4 nitrogen and oxygen atoms in total. The number of hydrogen-bond donors (Lipinski definition) is 1. The van der Waals surface area contributed by atoms with Crippen molar-refractivity contribution in [2.45, 2.75) is 32.9 Å². The fourth-order valence-corrected chi connectivity index (χ4v) is 2.57. The van der Waals surface area contributed by atoms with E-state index in [0.29, 0.717) is 6.54 Å². The summed E-state index contributed by atoms with van der Waals surface area (Å²) in [5, 5.41) is 7.10. The van der Waals surface area contributed by atoms with Gasteiger partial charge in [-0.1, -0.05) is 6.92 Å². The van der Waals surface area contributed by atoms with Crippen molar-refractivity contribution < 1.29 is 4.79 Å². The lowest BCUT2D eigenvalue weighted by Gasteiger charge is -2.13. The first-order chi connectivity index (χ1) is 8.69. The molecule has 5 heteroatoms. The smallest absolute Gasteiger partial charge is 0.261 e. The first-order valence-corrected chi connectivity index (χ1v) is 6.87. The van der Waals surface area contributed by atoms with E-state index in [1.165, 1.54) is 4.88 Å². The molecule has 0 aliphatic carbocycles. The Morgan fingerprint density at radius 3 is 3.00 bits per heavy atom. The molecule has 0 bridgehead atoms. The molecule has 0 fully saturated rings. The van der Waals surface area contributed by atoms with Crippen molar-refractivity contribution >= 4 is 17.2 Å². The van der Waals surface area contributed by atoms with E-state index in [1.807, 2.05) is 36.0 Å². The molecular formula is C13H17N3OS. The summed E-state index contributed by atoms with van der Waals surface area (Å²) in [6, 6.07) is 5.84. The summed E-state index contributed by atoms with van der Waals surface area (Å²) in [6.07, 6.45) is 4.60. The van der Waals surface area contributed by atoms with Gasteiger partial charge in [0.2, 0.25) is 0 Å². The quantitative estimate of drug-likeness (QED) is 0.900. The van der Waals surface area contributed by atoms with Gasteiger partial charge in [0.15, 0.2) is 0 Å². The molecule has 2 aromatic heterocycles. The SMILES string of the molecule is CCc1ccc(C(=O)N[C@@H](C)Cn2cccn2)s1. The van der Waals surface area contributed by atoms with Crippen LogP contribution in [-0.4, -0.2) is 21.7 Å². The Balaban J connectivity index is 1.90. The van der Waals surface area contributed by atoms with Crippen LogP contribution in [0.1, 0.15) is 28.4 Å². The lowest BCUT2D eigenvalue weighted by atomic mass is 10.3. The van der Waals surface area contributed by atoms with Gasteiger partial charge in [-0.25, -0.2) is 0 Å². The number of nitrogens with zero attached hydrogens (tertiary/aromatic N) is 2. The van der Waals surface area contributed by atoms with E-state index in [-0.39, 0.29) is 11.9 Å². The van der Waals surface area contributed by atoms with Crippen LogP contribution in [0, 0.1) is 0 Å². The molecule has 0 saturated carbocycles. The lowest BCUT2D eigenvalue weighted by molar-refractivity contribution is 0.0940. The van der Waals surface area contributed by atoms with Crippen molar-refractivity contribution in [3.63, 3.8) is 0 Å². The molecule has 0 saturated heterocycles. The van der Waals surface area contributed by atoms with Gasteiger partial charge in [0.25, 0.3) is 5.91 Å². The van der Waals surface area contributed by atoms with Gasteiger partial charge < -0.3 is 5.32 Å². The summed E-state index contributed by atoms with van der Waals surface area (Å²) in [6.45, 7) is 4.76. The van der Waals surface area contributed by atoms with Crippen LogP contribution >= 0.6 is 11.3 Å². The number of thiophene rings is 1. The van der Waals surface area contributed by atoms with Crippen LogP contribution in [0.3, 0.4) is 0 Å². The van der Waals surface area contributed by atoms with Gasteiger partial charge in [-0.3, -0.25) is 9.48 Å². The van der Waals surface area contributed by atoms with Crippen LogP contribution in [0.25, 0.3) is 0 Å². The summed E-state index contributed by atoms with van der Waals surface area (Å²) >= 11 is 1.56. The fourth-order valence-electron chi connectivity index (χ4n) is 1.72. The monoisotopic (exact) mass is 263 g/mol. The topological polar surface area (TPSA) is 46.9 Å². The fraction of sp³-hybridized carbons (Fsp3) is 0.385. The second kappa shape index (κ2) is 5.82. The van der Waals surface area contributed by atoms with E-state index in [1.54, 1.807) is 17.5 Å². The maximum atomic E-state index is 12.0. The minimum absolute atomic E-state index is 0.000596. The van der Waals surface area contributed by atoms with Crippen molar-refractivity contribution in [1.82, 2.24) is 15.1 Å². The number of aromatic nitrogens is 2. The number of aryl methyl sites for hydroxylation is 1. The van der Waals surface area contributed by atoms with Crippen molar-refractivity contribution in [1.29, 1.82) is 0 Å². The molecule has 2 rings (SSSR count). The molecule has 1 amide bonds. The molecule has 0 aliphatic rings. The van der Waals surface area contributed by atoms with Crippen molar-refractivity contribution in [2.24, 2.45) is 0 Å². The molecule has 0 spiro atoms. The minimum Gasteiger partial charge on any atom is -0.347 e. The highest BCUT2D eigenvalue weighted by Gasteiger charge is 2.12. The molecule has 0 radical (unpaired) electrons.